The second-order valence-electron chi connectivity index (χ2n) is 3.71. The number of nitrogens with zero attached hydrogens (tertiary/aromatic N) is 2. The number of ether oxygens (including phenoxy) is 1. The predicted molar refractivity (Wildman–Crippen MR) is 58.6 cm³/mol. The van der Waals surface area contributed by atoms with Crippen LogP contribution in [-0.4, -0.2) is 68.2 Å². The maximum absolute atomic E-state index is 11.2. The summed E-state index contributed by atoms with van der Waals surface area (Å²) in [4.78, 5) is 15.7. The summed E-state index contributed by atoms with van der Waals surface area (Å²) in [6.07, 6.45) is 0. The van der Waals surface area contributed by atoms with Crippen LogP contribution in [0.2, 0.25) is 0 Å². The van der Waals surface area contributed by atoms with Gasteiger partial charge < -0.3 is 10.5 Å². The zero-order valence-corrected chi connectivity index (χ0v) is 9.45. The molecular formula is C10H21N3O2. The van der Waals surface area contributed by atoms with E-state index < -0.39 is 0 Å². The lowest BCUT2D eigenvalue weighted by atomic mass is 10.3. The maximum atomic E-state index is 11.2. The van der Waals surface area contributed by atoms with Crippen molar-refractivity contribution < 1.29 is 9.53 Å². The predicted octanol–water partition coefficient (Wildman–Crippen LogP) is -0.874. The van der Waals surface area contributed by atoms with E-state index in [1.165, 1.54) is 0 Å². The lowest BCUT2D eigenvalue weighted by Gasteiger charge is -2.33. The Labute approximate surface area is 91.2 Å². The van der Waals surface area contributed by atoms with Crippen LogP contribution in [0.4, 0.5) is 0 Å². The lowest BCUT2D eigenvalue weighted by molar-refractivity contribution is -0.144. The summed E-state index contributed by atoms with van der Waals surface area (Å²) in [6.45, 7) is 8.23. The third-order valence-electron chi connectivity index (χ3n) is 2.57. The molecule has 0 bridgehead atoms. The van der Waals surface area contributed by atoms with Crippen molar-refractivity contribution >= 4 is 5.97 Å². The molecule has 5 nitrogen and oxygen atoms in total. The molecule has 1 aliphatic heterocycles. The first kappa shape index (κ1) is 12.4. The van der Waals surface area contributed by atoms with Gasteiger partial charge in [-0.25, -0.2) is 0 Å². The molecular weight excluding hydrogens is 194 g/mol. The Hall–Kier alpha value is -0.650. The first-order valence-electron chi connectivity index (χ1n) is 5.56. The summed E-state index contributed by atoms with van der Waals surface area (Å²) in [6, 6.07) is 0. The fourth-order valence-corrected chi connectivity index (χ4v) is 1.74. The molecule has 0 spiro atoms. The molecule has 0 aliphatic carbocycles. The number of carbonyl (C=O) groups is 1. The Morgan fingerprint density at radius 2 is 1.87 bits per heavy atom. The van der Waals surface area contributed by atoms with E-state index in [2.05, 4.69) is 9.80 Å². The van der Waals surface area contributed by atoms with E-state index in [0.29, 0.717) is 19.7 Å². The zero-order chi connectivity index (χ0) is 11.1. The minimum atomic E-state index is -0.121. The van der Waals surface area contributed by atoms with Gasteiger partial charge in [0.1, 0.15) is 0 Å². The monoisotopic (exact) mass is 215 g/mol. The molecule has 0 aromatic rings. The van der Waals surface area contributed by atoms with Gasteiger partial charge >= 0.3 is 5.97 Å². The SMILES string of the molecule is CCOC(=O)CN1CCN(CCN)CC1. The van der Waals surface area contributed by atoms with E-state index in [1.54, 1.807) is 0 Å². The van der Waals surface area contributed by atoms with Gasteiger partial charge in [-0.1, -0.05) is 0 Å². The molecule has 1 aliphatic rings. The Morgan fingerprint density at radius 3 is 2.40 bits per heavy atom. The third-order valence-corrected chi connectivity index (χ3v) is 2.57. The topological polar surface area (TPSA) is 58.8 Å². The van der Waals surface area contributed by atoms with Crippen LogP contribution in [0.3, 0.4) is 0 Å². The molecule has 5 heteroatoms. The first-order valence-corrected chi connectivity index (χ1v) is 5.56. The molecule has 15 heavy (non-hydrogen) atoms. The first-order chi connectivity index (χ1) is 7.26. The van der Waals surface area contributed by atoms with E-state index in [1.807, 2.05) is 6.92 Å². The molecule has 1 heterocycles. The summed E-state index contributed by atoms with van der Waals surface area (Å²) >= 11 is 0. The largest absolute Gasteiger partial charge is 0.465 e. The summed E-state index contributed by atoms with van der Waals surface area (Å²) in [5.74, 6) is -0.121. The number of hydrogen-bond donors (Lipinski definition) is 1. The number of esters is 1. The highest BCUT2D eigenvalue weighted by molar-refractivity contribution is 5.71. The molecule has 0 saturated carbocycles. The molecule has 1 rings (SSSR count). The Bertz CT molecular complexity index is 191. The van der Waals surface area contributed by atoms with Gasteiger partial charge in [0.2, 0.25) is 0 Å². The molecule has 2 N–H and O–H groups in total. The average molecular weight is 215 g/mol. The van der Waals surface area contributed by atoms with Gasteiger partial charge in [0.25, 0.3) is 0 Å². The fraction of sp³-hybridized carbons (Fsp3) is 0.900. The molecule has 0 aromatic carbocycles. The van der Waals surface area contributed by atoms with Gasteiger partial charge in [0, 0.05) is 39.3 Å². The quantitative estimate of drug-likeness (QED) is 0.604. The Balaban J connectivity index is 2.16. The van der Waals surface area contributed by atoms with Crippen molar-refractivity contribution in [2.45, 2.75) is 6.92 Å². The van der Waals surface area contributed by atoms with Gasteiger partial charge in [-0.15, -0.1) is 0 Å². The van der Waals surface area contributed by atoms with Crippen LogP contribution in [0.25, 0.3) is 0 Å². The van der Waals surface area contributed by atoms with Crippen molar-refractivity contribution in [1.29, 1.82) is 0 Å². The van der Waals surface area contributed by atoms with Gasteiger partial charge in [-0.2, -0.15) is 0 Å². The smallest absolute Gasteiger partial charge is 0.320 e. The van der Waals surface area contributed by atoms with E-state index in [4.69, 9.17) is 10.5 Å². The van der Waals surface area contributed by atoms with Crippen LogP contribution < -0.4 is 5.73 Å². The number of hydrogen-bond acceptors (Lipinski definition) is 5. The van der Waals surface area contributed by atoms with Gasteiger partial charge in [-0.3, -0.25) is 14.6 Å². The molecule has 0 amide bonds. The molecule has 1 saturated heterocycles. The second kappa shape index (κ2) is 6.76. The van der Waals surface area contributed by atoms with Gasteiger partial charge in [0.05, 0.1) is 13.2 Å². The Morgan fingerprint density at radius 1 is 1.27 bits per heavy atom. The van der Waals surface area contributed by atoms with E-state index in [-0.39, 0.29) is 5.97 Å². The van der Waals surface area contributed by atoms with E-state index in [0.717, 1.165) is 32.7 Å². The molecule has 1 fully saturated rings. The maximum Gasteiger partial charge on any atom is 0.320 e. The van der Waals surface area contributed by atoms with Crippen molar-refractivity contribution in [3.8, 4) is 0 Å². The molecule has 0 radical (unpaired) electrons. The van der Waals surface area contributed by atoms with Crippen LogP contribution >= 0.6 is 0 Å². The highest BCUT2D eigenvalue weighted by Gasteiger charge is 2.18. The van der Waals surface area contributed by atoms with Crippen molar-refractivity contribution in [2.75, 3.05) is 52.4 Å². The molecule has 0 unspecified atom stereocenters. The summed E-state index contributed by atoms with van der Waals surface area (Å²) in [7, 11) is 0. The van der Waals surface area contributed by atoms with Crippen LogP contribution in [-0.2, 0) is 9.53 Å². The third kappa shape index (κ3) is 4.59. The van der Waals surface area contributed by atoms with Crippen LogP contribution in [0, 0.1) is 0 Å². The number of rotatable bonds is 5. The average Bonchev–Trinajstić information content (AvgIpc) is 2.22. The fourth-order valence-electron chi connectivity index (χ4n) is 1.74. The minimum absolute atomic E-state index is 0.121. The summed E-state index contributed by atoms with van der Waals surface area (Å²) in [5, 5.41) is 0. The van der Waals surface area contributed by atoms with Crippen molar-refractivity contribution in [2.24, 2.45) is 5.73 Å². The second-order valence-corrected chi connectivity index (χ2v) is 3.71. The van der Waals surface area contributed by atoms with E-state index >= 15 is 0 Å². The minimum Gasteiger partial charge on any atom is -0.465 e. The molecule has 88 valence electrons. The van der Waals surface area contributed by atoms with Crippen molar-refractivity contribution in [1.82, 2.24) is 9.80 Å². The molecule has 0 aromatic heterocycles. The summed E-state index contributed by atoms with van der Waals surface area (Å²) < 4.78 is 4.90. The normalized spacial score (nSPS) is 19.1. The van der Waals surface area contributed by atoms with Gasteiger partial charge in [0.15, 0.2) is 0 Å². The Kier molecular flexibility index (Phi) is 5.60. The van der Waals surface area contributed by atoms with Gasteiger partial charge in [-0.05, 0) is 6.92 Å². The number of carbonyl (C=O) groups excluding carboxylic acids is 1. The number of piperazine rings is 1. The van der Waals surface area contributed by atoms with Crippen LogP contribution in [0.15, 0.2) is 0 Å². The van der Waals surface area contributed by atoms with E-state index in [9.17, 15) is 4.79 Å². The summed E-state index contributed by atoms with van der Waals surface area (Å²) in [5.41, 5.74) is 5.48. The number of nitrogens with two attached hydrogens (primary N) is 1. The zero-order valence-electron chi connectivity index (χ0n) is 9.45. The highest BCUT2D eigenvalue weighted by Crippen LogP contribution is 2.00. The van der Waals surface area contributed by atoms with Crippen molar-refractivity contribution in [3.05, 3.63) is 0 Å². The molecule has 0 atom stereocenters. The van der Waals surface area contributed by atoms with Crippen LogP contribution in [0.5, 0.6) is 0 Å². The standard InChI is InChI=1S/C10H21N3O2/c1-2-15-10(14)9-13-7-5-12(4-3-11)6-8-13/h2-9,11H2,1H3. The lowest BCUT2D eigenvalue weighted by Crippen LogP contribution is -2.49. The highest BCUT2D eigenvalue weighted by atomic mass is 16.5. The van der Waals surface area contributed by atoms with Crippen LogP contribution in [0.1, 0.15) is 6.92 Å². The van der Waals surface area contributed by atoms with Crippen molar-refractivity contribution in [3.63, 3.8) is 0 Å².